The number of aromatic nitrogens is 1. The average molecular weight is 403 g/mol. The number of alkyl halides is 3. The molecule has 3 nitrogen and oxygen atoms in total. The summed E-state index contributed by atoms with van der Waals surface area (Å²) in [4.78, 5) is 16.3. The summed E-state index contributed by atoms with van der Waals surface area (Å²) in [6.07, 6.45) is -4.39. The first kappa shape index (κ1) is 18.0. The Morgan fingerprint density at radius 1 is 1.20 bits per heavy atom. The molecule has 3 rings (SSSR count). The highest BCUT2D eigenvalue weighted by Gasteiger charge is 2.29. The van der Waals surface area contributed by atoms with E-state index in [1.54, 1.807) is 12.1 Å². The smallest absolute Gasteiger partial charge is 0.325 e. The molecule has 0 unspecified atom stereocenters. The molecule has 9 heteroatoms. The van der Waals surface area contributed by atoms with Crippen LogP contribution in [-0.2, 0) is 11.0 Å². The number of hydrogen-bond acceptors (Lipinski definition) is 4. The molecule has 130 valence electrons. The SMILES string of the molecule is O=C(CSc1nc2cc(Cl)ccc2s1)Nc1ccc(C(F)(F)F)cc1. The molecule has 0 atom stereocenters. The first-order valence-electron chi connectivity index (χ1n) is 6.97. The number of thiazole rings is 1. The van der Waals surface area contributed by atoms with E-state index in [2.05, 4.69) is 10.3 Å². The highest BCUT2D eigenvalue weighted by atomic mass is 35.5. The van der Waals surface area contributed by atoms with Gasteiger partial charge in [-0.05, 0) is 42.5 Å². The molecule has 0 fully saturated rings. The van der Waals surface area contributed by atoms with Crippen molar-refractivity contribution in [1.82, 2.24) is 4.98 Å². The van der Waals surface area contributed by atoms with Crippen LogP contribution in [0.4, 0.5) is 18.9 Å². The Hall–Kier alpha value is -1.77. The van der Waals surface area contributed by atoms with E-state index in [0.29, 0.717) is 10.7 Å². The molecule has 1 amide bonds. The van der Waals surface area contributed by atoms with Gasteiger partial charge in [0.2, 0.25) is 5.91 Å². The summed E-state index contributed by atoms with van der Waals surface area (Å²) >= 11 is 8.61. The maximum absolute atomic E-state index is 12.5. The number of nitrogens with zero attached hydrogens (tertiary/aromatic N) is 1. The monoisotopic (exact) mass is 402 g/mol. The predicted molar refractivity (Wildman–Crippen MR) is 95.4 cm³/mol. The lowest BCUT2D eigenvalue weighted by atomic mass is 10.2. The van der Waals surface area contributed by atoms with Gasteiger partial charge in [-0.3, -0.25) is 4.79 Å². The van der Waals surface area contributed by atoms with E-state index in [1.165, 1.54) is 35.2 Å². The summed E-state index contributed by atoms with van der Waals surface area (Å²) in [5.41, 5.74) is 0.325. The fourth-order valence-electron chi connectivity index (χ4n) is 2.01. The molecule has 0 bridgehead atoms. The number of carbonyl (C=O) groups excluding carboxylic acids is 1. The maximum Gasteiger partial charge on any atom is 0.416 e. The molecular weight excluding hydrogens is 393 g/mol. The summed E-state index contributed by atoms with van der Waals surface area (Å²) in [6, 6.07) is 9.70. The topological polar surface area (TPSA) is 42.0 Å². The largest absolute Gasteiger partial charge is 0.416 e. The number of halogens is 4. The minimum Gasteiger partial charge on any atom is -0.325 e. The van der Waals surface area contributed by atoms with Crippen molar-refractivity contribution < 1.29 is 18.0 Å². The Labute approximate surface area is 154 Å². The van der Waals surface area contributed by atoms with Gasteiger partial charge in [-0.1, -0.05) is 23.4 Å². The predicted octanol–water partition coefficient (Wildman–Crippen LogP) is 5.70. The molecule has 2 aromatic carbocycles. The molecule has 25 heavy (non-hydrogen) atoms. The van der Waals surface area contributed by atoms with Crippen LogP contribution in [0.1, 0.15) is 5.56 Å². The van der Waals surface area contributed by atoms with E-state index in [-0.39, 0.29) is 11.7 Å². The zero-order valence-electron chi connectivity index (χ0n) is 12.4. The standard InChI is InChI=1S/C16H10ClF3N2OS2/c17-10-3-6-13-12(7-10)22-15(25-13)24-8-14(23)21-11-4-1-9(2-5-11)16(18,19)20/h1-7H,8H2,(H,21,23). The second-order valence-electron chi connectivity index (χ2n) is 5.00. The number of hydrogen-bond donors (Lipinski definition) is 1. The molecule has 1 N–H and O–H groups in total. The minimum absolute atomic E-state index is 0.106. The quantitative estimate of drug-likeness (QED) is 0.569. The Morgan fingerprint density at radius 2 is 1.92 bits per heavy atom. The van der Waals surface area contributed by atoms with Crippen molar-refractivity contribution in [2.75, 3.05) is 11.1 Å². The molecule has 0 saturated carbocycles. The van der Waals surface area contributed by atoms with Crippen LogP contribution in [0.3, 0.4) is 0 Å². The molecule has 0 aliphatic carbocycles. The Balaban J connectivity index is 1.58. The van der Waals surface area contributed by atoms with Crippen LogP contribution in [0.15, 0.2) is 46.8 Å². The highest BCUT2D eigenvalue weighted by molar-refractivity contribution is 8.01. The van der Waals surface area contributed by atoms with Gasteiger partial charge in [0.15, 0.2) is 4.34 Å². The molecule has 0 saturated heterocycles. The van der Waals surface area contributed by atoms with Crippen molar-refractivity contribution in [2.24, 2.45) is 0 Å². The van der Waals surface area contributed by atoms with E-state index in [9.17, 15) is 18.0 Å². The zero-order valence-corrected chi connectivity index (χ0v) is 14.8. The lowest BCUT2D eigenvalue weighted by molar-refractivity contribution is -0.137. The van der Waals surface area contributed by atoms with Gasteiger partial charge in [-0.25, -0.2) is 4.98 Å². The third kappa shape index (κ3) is 4.65. The van der Waals surface area contributed by atoms with Gasteiger partial charge in [0.1, 0.15) is 0 Å². The van der Waals surface area contributed by atoms with Gasteiger partial charge in [0, 0.05) is 10.7 Å². The number of amides is 1. The number of rotatable bonds is 4. The number of carbonyl (C=O) groups is 1. The third-order valence-electron chi connectivity index (χ3n) is 3.15. The van der Waals surface area contributed by atoms with Gasteiger partial charge in [0.05, 0.1) is 21.5 Å². The van der Waals surface area contributed by atoms with Crippen LogP contribution in [0.2, 0.25) is 5.02 Å². The van der Waals surface area contributed by atoms with E-state index in [4.69, 9.17) is 11.6 Å². The average Bonchev–Trinajstić information content (AvgIpc) is 2.94. The fourth-order valence-corrected chi connectivity index (χ4v) is 4.02. The van der Waals surface area contributed by atoms with Crippen LogP contribution < -0.4 is 5.32 Å². The molecule has 0 spiro atoms. The van der Waals surface area contributed by atoms with Gasteiger partial charge in [0.25, 0.3) is 0 Å². The van der Waals surface area contributed by atoms with Crippen LogP contribution in [0.25, 0.3) is 10.2 Å². The Bertz CT molecular complexity index is 910. The summed E-state index contributed by atoms with van der Waals surface area (Å²) in [6.45, 7) is 0. The van der Waals surface area contributed by atoms with Crippen LogP contribution in [0.5, 0.6) is 0 Å². The molecule has 1 aromatic heterocycles. The van der Waals surface area contributed by atoms with Crippen molar-refractivity contribution in [3.8, 4) is 0 Å². The highest BCUT2D eigenvalue weighted by Crippen LogP contribution is 2.32. The van der Waals surface area contributed by atoms with Crippen LogP contribution in [-0.4, -0.2) is 16.6 Å². The number of nitrogens with one attached hydrogen (secondary N) is 1. The zero-order chi connectivity index (χ0) is 18.0. The molecule has 1 heterocycles. The van der Waals surface area contributed by atoms with E-state index in [0.717, 1.165) is 26.7 Å². The molecule has 3 aromatic rings. The van der Waals surface area contributed by atoms with Crippen molar-refractivity contribution in [3.05, 3.63) is 53.1 Å². The van der Waals surface area contributed by atoms with Gasteiger partial charge in [-0.2, -0.15) is 13.2 Å². The van der Waals surface area contributed by atoms with Crippen molar-refractivity contribution in [1.29, 1.82) is 0 Å². The number of anilines is 1. The van der Waals surface area contributed by atoms with Crippen LogP contribution in [0, 0.1) is 0 Å². The van der Waals surface area contributed by atoms with Gasteiger partial charge in [-0.15, -0.1) is 11.3 Å². The first-order chi connectivity index (χ1) is 11.8. The molecule has 0 radical (unpaired) electrons. The minimum atomic E-state index is -4.39. The number of thioether (sulfide) groups is 1. The number of fused-ring (bicyclic) bond motifs is 1. The normalized spacial score (nSPS) is 11.7. The lowest BCUT2D eigenvalue weighted by Crippen LogP contribution is -2.14. The second-order valence-corrected chi connectivity index (χ2v) is 7.69. The van der Waals surface area contributed by atoms with Gasteiger partial charge >= 0.3 is 6.18 Å². The van der Waals surface area contributed by atoms with Crippen molar-refractivity contribution >= 4 is 56.5 Å². The van der Waals surface area contributed by atoms with E-state index in [1.807, 2.05) is 6.07 Å². The molecule has 0 aliphatic rings. The summed E-state index contributed by atoms with van der Waals surface area (Å²) in [7, 11) is 0. The summed E-state index contributed by atoms with van der Waals surface area (Å²) < 4.78 is 39.2. The second kappa shape index (κ2) is 7.23. The maximum atomic E-state index is 12.5. The van der Waals surface area contributed by atoms with E-state index >= 15 is 0 Å². The van der Waals surface area contributed by atoms with Crippen molar-refractivity contribution in [3.63, 3.8) is 0 Å². The Kier molecular flexibility index (Phi) is 5.21. The van der Waals surface area contributed by atoms with Gasteiger partial charge < -0.3 is 5.32 Å². The summed E-state index contributed by atoms with van der Waals surface area (Å²) in [5.74, 6) is -0.212. The molecular formula is C16H10ClF3N2OS2. The lowest BCUT2D eigenvalue weighted by Gasteiger charge is -2.08. The third-order valence-corrected chi connectivity index (χ3v) is 5.57. The number of benzene rings is 2. The van der Waals surface area contributed by atoms with Crippen molar-refractivity contribution in [2.45, 2.75) is 10.5 Å². The summed E-state index contributed by atoms with van der Waals surface area (Å²) in [5, 5.41) is 3.15. The Morgan fingerprint density at radius 3 is 2.60 bits per heavy atom. The molecule has 0 aliphatic heterocycles. The van der Waals surface area contributed by atoms with E-state index < -0.39 is 11.7 Å². The first-order valence-corrected chi connectivity index (χ1v) is 9.15. The fraction of sp³-hybridized carbons (Fsp3) is 0.125. The van der Waals surface area contributed by atoms with Crippen LogP contribution >= 0.6 is 34.7 Å².